The van der Waals surface area contributed by atoms with Crippen molar-refractivity contribution in [2.75, 3.05) is 13.1 Å². The molecule has 2 heteroatoms. The molecule has 1 heterocycles. The van der Waals surface area contributed by atoms with Gasteiger partial charge in [-0.05, 0) is 51.9 Å². The molecule has 3 aliphatic rings. The van der Waals surface area contributed by atoms with Gasteiger partial charge in [-0.3, -0.25) is 4.90 Å². The van der Waals surface area contributed by atoms with E-state index in [1.165, 1.54) is 70.9 Å². The molecule has 3 fully saturated rings. The maximum absolute atomic E-state index is 4.03. The molecule has 1 spiro atoms. The van der Waals surface area contributed by atoms with Crippen molar-refractivity contribution in [2.45, 2.75) is 95.7 Å². The summed E-state index contributed by atoms with van der Waals surface area (Å²) in [4.78, 5) is 2.93. The first kappa shape index (κ1) is 14.8. The van der Waals surface area contributed by atoms with Crippen LogP contribution in [0.4, 0.5) is 0 Å². The van der Waals surface area contributed by atoms with Crippen molar-refractivity contribution in [3.05, 3.63) is 0 Å². The van der Waals surface area contributed by atoms with Crippen LogP contribution in [-0.4, -0.2) is 35.1 Å². The standard InChI is InChI=1S/C18H34N2/c1-4-8-15(2)20-14-18(11-6-5-7-12-18)19-13-17(20,3)16-9-10-16/h15-16,19H,4-14H2,1-3H3. The van der Waals surface area contributed by atoms with E-state index in [0.29, 0.717) is 11.1 Å². The number of hydrogen-bond acceptors (Lipinski definition) is 2. The fraction of sp³-hybridized carbons (Fsp3) is 1.00. The Labute approximate surface area is 125 Å². The van der Waals surface area contributed by atoms with Gasteiger partial charge >= 0.3 is 0 Å². The van der Waals surface area contributed by atoms with Crippen molar-refractivity contribution in [3.8, 4) is 0 Å². The fourth-order valence-electron chi connectivity index (χ4n) is 4.91. The Bertz CT molecular complexity index is 330. The van der Waals surface area contributed by atoms with Crippen LogP contribution in [0.3, 0.4) is 0 Å². The molecule has 0 bridgehead atoms. The van der Waals surface area contributed by atoms with Crippen molar-refractivity contribution in [1.82, 2.24) is 10.2 Å². The molecule has 0 amide bonds. The predicted molar refractivity (Wildman–Crippen MR) is 86.0 cm³/mol. The molecule has 0 aromatic heterocycles. The highest BCUT2D eigenvalue weighted by molar-refractivity contribution is 5.10. The van der Waals surface area contributed by atoms with Gasteiger partial charge in [-0.1, -0.05) is 32.6 Å². The third-order valence-electron chi connectivity index (χ3n) is 6.46. The summed E-state index contributed by atoms with van der Waals surface area (Å²) in [6.45, 7) is 9.89. The molecule has 3 rings (SSSR count). The second kappa shape index (κ2) is 5.61. The Balaban J connectivity index is 1.77. The number of piperazine rings is 1. The van der Waals surface area contributed by atoms with Gasteiger partial charge in [-0.2, -0.15) is 0 Å². The first-order chi connectivity index (χ1) is 9.60. The van der Waals surface area contributed by atoms with E-state index >= 15 is 0 Å². The number of nitrogens with zero attached hydrogens (tertiary/aromatic N) is 1. The van der Waals surface area contributed by atoms with E-state index in [4.69, 9.17) is 0 Å². The van der Waals surface area contributed by atoms with Crippen LogP contribution < -0.4 is 5.32 Å². The lowest BCUT2D eigenvalue weighted by molar-refractivity contribution is -0.0383. The summed E-state index contributed by atoms with van der Waals surface area (Å²) in [5, 5.41) is 4.03. The molecule has 0 aromatic carbocycles. The summed E-state index contributed by atoms with van der Waals surface area (Å²) in [5.74, 6) is 0.954. The van der Waals surface area contributed by atoms with Gasteiger partial charge in [0.15, 0.2) is 0 Å². The summed E-state index contributed by atoms with van der Waals surface area (Å²) in [6, 6.07) is 0.756. The first-order valence-electron chi connectivity index (χ1n) is 9.11. The smallest absolute Gasteiger partial charge is 0.0337 e. The highest BCUT2D eigenvalue weighted by Crippen LogP contribution is 2.47. The van der Waals surface area contributed by atoms with Crippen molar-refractivity contribution in [3.63, 3.8) is 0 Å². The average Bonchev–Trinajstić information content (AvgIpc) is 3.28. The first-order valence-corrected chi connectivity index (χ1v) is 9.11. The Morgan fingerprint density at radius 1 is 1.20 bits per heavy atom. The highest BCUT2D eigenvalue weighted by Gasteiger charge is 2.52. The van der Waals surface area contributed by atoms with E-state index in [0.717, 1.165) is 12.0 Å². The average molecular weight is 278 g/mol. The molecular formula is C18H34N2. The van der Waals surface area contributed by atoms with Gasteiger partial charge in [0, 0.05) is 30.2 Å². The normalized spacial score (nSPS) is 36.1. The third kappa shape index (κ3) is 2.66. The van der Waals surface area contributed by atoms with Crippen LogP contribution in [0.25, 0.3) is 0 Å². The van der Waals surface area contributed by atoms with Gasteiger partial charge in [-0.25, -0.2) is 0 Å². The van der Waals surface area contributed by atoms with Crippen molar-refractivity contribution < 1.29 is 0 Å². The molecule has 0 aromatic rings. The van der Waals surface area contributed by atoms with E-state index in [9.17, 15) is 0 Å². The largest absolute Gasteiger partial charge is 0.308 e. The van der Waals surface area contributed by atoms with Crippen LogP contribution in [0.1, 0.15) is 78.6 Å². The van der Waals surface area contributed by atoms with Crippen LogP contribution in [0.5, 0.6) is 0 Å². The quantitative estimate of drug-likeness (QED) is 0.837. The van der Waals surface area contributed by atoms with Crippen molar-refractivity contribution in [1.29, 1.82) is 0 Å². The lowest BCUT2D eigenvalue weighted by Gasteiger charge is -2.57. The molecule has 20 heavy (non-hydrogen) atoms. The van der Waals surface area contributed by atoms with Gasteiger partial charge in [0.2, 0.25) is 0 Å². The zero-order valence-electron chi connectivity index (χ0n) is 13.9. The van der Waals surface area contributed by atoms with Crippen LogP contribution in [0, 0.1) is 5.92 Å². The highest BCUT2D eigenvalue weighted by atomic mass is 15.3. The molecule has 1 saturated heterocycles. The van der Waals surface area contributed by atoms with Crippen molar-refractivity contribution in [2.24, 2.45) is 5.92 Å². The van der Waals surface area contributed by atoms with Crippen molar-refractivity contribution >= 4 is 0 Å². The van der Waals surface area contributed by atoms with Gasteiger partial charge in [0.25, 0.3) is 0 Å². The molecule has 0 radical (unpaired) electrons. The van der Waals surface area contributed by atoms with Gasteiger partial charge in [0.05, 0.1) is 0 Å². The second-order valence-corrected chi connectivity index (χ2v) is 8.09. The Morgan fingerprint density at radius 2 is 1.90 bits per heavy atom. The van der Waals surface area contributed by atoms with Crippen LogP contribution in [0.15, 0.2) is 0 Å². The molecule has 2 unspecified atom stereocenters. The molecule has 116 valence electrons. The van der Waals surface area contributed by atoms with E-state index in [1.807, 2.05) is 0 Å². The molecule has 2 saturated carbocycles. The van der Waals surface area contributed by atoms with Gasteiger partial charge in [0.1, 0.15) is 0 Å². The molecule has 1 N–H and O–H groups in total. The van der Waals surface area contributed by atoms with Crippen LogP contribution >= 0.6 is 0 Å². The zero-order valence-corrected chi connectivity index (χ0v) is 13.9. The van der Waals surface area contributed by atoms with E-state index in [2.05, 4.69) is 31.0 Å². The summed E-state index contributed by atoms with van der Waals surface area (Å²) in [5.41, 5.74) is 0.881. The minimum Gasteiger partial charge on any atom is -0.308 e. The second-order valence-electron chi connectivity index (χ2n) is 8.09. The number of nitrogens with one attached hydrogen (secondary N) is 1. The lowest BCUT2D eigenvalue weighted by atomic mass is 9.75. The number of hydrogen-bond donors (Lipinski definition) is 1. The lowest BCUT2D eigenvalue weighted by Crippen LogP contribution is -2.71. The Morgan fingerprint density at radius 3 is 2.50 bits per heavy atom. The Hall–Kier alpha value is -0.0800. The molecule has 2 nitrogen and oxygen atoms in total. The minimum absolute atomic E-state index is 0.428. The predicted octanol–water partition coefficient (Wildman–Crippen LogP) is 3.95. The summed E-state index contributed by atoms with van der Waals surface area (Å²) in [7, 11) is 0. The third-order valence-corrected chi connectivity index (χ3v) is 6.46. The maximum atomic E-state index is 4.03. The summed E-state index contributed by atoms with van der Waals surface area (Å²) >= 11 is 0. The minimum atomic E-state index is 0.428. The van der Waals surface area contributed by atoms with Crippen LogP contribution in [-0.2, 0) is 0 Å². The maximum Gasteiger partial charge on any atom is 0.0337 e. The zero-order chi connectivity index (χ0) is 14.2. The van der Waals surface area contributed by atoms with Gasteiger partial charge in [-0.15, -0.1) is 0 Å². The fourth-order valence-corrected chi connectivity index (χ4v) is 4.91. The Kier molecular flexibility index (Phi) is 4.16. The molecule has 1 aliphatic heterocycles. The van der Waals surface area contributed by atoms with Gasteiger partial charge < -0.3 is 5.32 Å². The molecule has 2 atom stereocenters. The summed E-state index contributed by atoms with van der Waals surface area (Å²) < 4.78 is 0. The number of rotatable bonds is 4. The topological polar surface area (TPSA) is 15.3 Å². The summed E-state index contributed by atoms with van der Waals surface area (Å²) in [6.07, 6.45) is 12.7. The van der Waals surface area contributed by atoms with Crippen LogP contribution in [0.2, 0.25) is 0 Å². The molecule has 2 aliphatic carbocycles. The SMILES string of the molecule is CCCC(C)N1CC2(CCCCC2)NCC1(C)C1CC1. The van der Waals surface area contributed by atoms with E-state index in [1.54, 1.807) is 0 Å². The monoisotopic (exact) mass is 278 g/mol. The molecular weight excluding hydrogens is 244 g/mol. The van der Waals surface area contributed by atoms with E-state index in [-0.39, 0.29) is 0 Å². The van der Waals surface area contributed by atoms with E-state index < -0.39 is 0 Å².